The standard InChI is InChI=1S/C17H27FN2/c1-5-19-14(4)15-6-7-17(16(18)9-15)20-10-12(2)8-13(3)11-20/h6-7,9,12-14,19H,5,8,10-11H2,1-4H3. The Kier molecular flexibility index (Phi) is 5.03. The molecule has 2 rings (SSSR count). The van der Waals surface area contributed by atoms with E-state index < -0.39 is 0 Å². The van der Waals surface area contributed by atoms with Crippen molar-refractivity contribution in [3.63, 3.8) is 0 Å². The van der Waals surface area contributed by atoms with Gasteiger partial charge < -0.3 is 10.2 Å². The van der Waals surface area contributed by atoms with E-state index in [0.29, 0.717) is 11.8 Å². The van der Waals surface area contributed by atoms with Gasteiger partial charge in [-0.05, 0) is 49.4 Å². The Morgan fingerprint density at radius 1 is 1.30 bits per heavy atom. The largest absolute Gasteiger partial charge is 0.369 e. The predicted molar refractivity (Wildman–Crippen MR) is 83.6 cm³/mol. The molecule has 2 nitrogen and oxygen atoms in total. The molecule has 1 fully saturated rings. The summed E-state index contributed by atoms with van der Waals surface area (Å²) in [6, 6.07) is 5.88. The third-order valence-corrected chi connectivity index (χ3v) is 4.19. The van der Waals surface area contributed by atoms with Crippen LogP contribution in [0.15, 0.2) is 18.2 Å². The van der Waals surface area contributed by atoms with E-state index in [1.54, 1.807) is 6.07 Å². The van der Waals surface area contributed by atoms with E-state index in [4.69, 9.17) is 0 Å². The summed E-state index contributed by atoms with van der Waals surface area (Å²) >= 11 is 0. The summed E-state index contributed by atoms with van der Waals surface area (Å²) in [5.74, 6) is 1.19. The Balaban J connectivity index is 2.17. The molecule has 1 aliphatic rings. The molecule has 3 heteroatoms. The van der Waals surface area contributed by atoms with Crippen molar-refractivity contribution in [2.45, 2.75) is 40.2 Å². The predicted octanol–water partition coefficient (Wildman–Crippen LogP) is 3.98. The van der Waals surface area contributed by atoms with Gasteiger partial charge in [0, 0.05) is 19.1 Å². The second kappa shape index (κ2) is 6.57. The van der Waals surface area contributed by atoms with Crippen LogP contribution in [0.2, 0.25) is 0 Å². The second-order valence-corrected chi connectivity index (χ2v) is 6.34. The lowest BCUT2D eigenvalue weighted by Gasteiger charge is -2.37. The van der Waals surface area contributed by atoms with Crippen LogP contribution in [0.25, 0.3) is 0 Å². The monoisotopic (exact) mass is 278 g/mol. The summed E-state index contributed by atoms with van der Waals surface area (Å²) in [4.78, 5) is 2.20. The Labute approximate surface area is 122 Å². The fraction of sp³-hybridized carbons (Fsp3) is 0.647. The van der Waals surface area contributed by atoms with Crippen molar-refractivity contribution in [2.24, 2.45) is 11.8 Å². The molecule has 1 N–H and O–H groups in total. The van der Waals surface area contributed by atoms with Crippen LogP contribution in [-0.2, 0) is 0 Å². The minimum atomic E-state index is -0.0893. The molecule has 20 heavy (non-hydrogen) atoms. The maximum absolute atomic E-state index is 14.4. The first-order chi connectivity index (χ1) is 9.51. The highest BCUT2D eigenvalue weighted by molar-refractivity contribution is 5.50. The zero-order valence-electron chi connectivity index (χ0n) is 13.1. The average molecular weight is 278 g/mol. The smallest absolute Gasteiger partial charge is 0.146 e. The molecule has 0 radical (unpaired) electrons. The van der Waals surface area contributed by atoms with E-state index in [2.05, 4.69) is 44.0 Å². The van der Waals surface area contributed by atoms with Crippen LogP contribution >= 0.6 is 0 Å². The summed E-state index contributed by atoms with van der Waals surface area (Å²) < 4.78 is 14.4. The van der Waals surface area contributed by atoms with Gasteiger partial charge in [-0.15, -0.1) is 0 Å². The van der Waals surface area contributed by atoms with Gasteiger partial charge in [-0.25, -0.2) is 4.39 Å². The van der Waals surface area contributed by atoms with Crippen molar-refractivity contribution in [3.05, 3.63) is 29.6 Å². The Morgan fingerprint density at radius 2 is 1.95 bits per heavy atom. The van der Waals surface area contributed by atoms with Crippen LogP contribution < -0.4 is 10.2 Å². The van der Waals surface area contributed by atoms with E-state index in [1.807, 2.05) is 6.07 Å². The molecular formula is C17H27FN2. The summed E-state index contributed by atoms with van der Waals surface area (Å²) in [7, 11) is 0. The van der Waals surface area contributed by atoms with Gasteiger partial charge in [-0.2, -0.15) is 0 Å². The maximum Gasteiger partial charge on any atom is 0.146 e. The van der Waals surface area contributed by atoms with Crippen LogP contribution in [0.1, 0.15) is 45.7 Å². The number of nitrogens with zero attached hydrogens (tertiary/aromatic N) is 1. The van der Waals surface area contributed by atoms with Crippen LogP contribution in [0.5, 0.6) is 0 Å². The van der Waals surface area contributed by atoms with Crippen LogP contribution in [0.3, 0.4) is 0 Å². The third-order valence-electron chi connectivity index (χ3n) is 4.19. The average Bonchev–Trinajstić information content (AvgIpc) is 2.37. The van der Waals surface area contributed by atoms with Crippen molar-refractivity contribution >= 4 is 5.69 Å². The van der Waals surface area contributed by atoms with E-state index in [1.165, 1.54) is 6.42 Å². The van der Waals surface area contributed by atoms with Crippen molar-refractivity contribution in [2.75, 3.05) is 24.5 Å². The summed E-state index contributed by atoms with van der Waals surface area (Å²) in [6.45, 7) is 11.5. The summed E-state index contributed by atoms with van der Waals surface area (Å²) in [5, 5.41) is 3.32. The number of nitrogens with one attached hydrogen (secondary N) is 1. The number of anilines is 1. The minimum Gasteiger partial charge on any atom is -0.369 e. The first kappa shape index (κ1) is 15.3. The molecule has 0 bridgehead atoms. The third kappa shape index (κ3) is 3.51. The lowest BCUT2D eigenvalue weighted by atomic mass is 9.91. The Bertz CT molecular complexity index is 437. The lowest BCUT2D eigenvalue weighted by Crippen LogP contribution is -2.39. The van der Waals surface area contributed by atoms with E-state index in [9.17, 15) is 4.39 Å². The molecule has 0 aromatic heterocycles. The SMILES string of the molecule is CCNC(C)c1ccc(N2CC(C)CC(C)C2)c(F)c1. The summed E-state index contributed by atoms with van der Waals surface area (Å²) in [6.07, 6.45) is 1.24. The van der Waals surface area contributed by atoms with Gasteiger partial charge in [-0.3, -0.25) is 0 Å². The van der Waals surface area contributed by atoms with Gasteiger partial charge in [0.15, 0.2) is 0 Å². The van der Waals surface area contributed by atoms with Gasteiger partial charge >= 0.3 is 0 Å². The second-order valence-electron chi connectivity index (χ2n) is 6.34. The molecule has 1 aromatic rings. The number of hydrogen-bond acceptors (Lipinski definition) is 2. The maximum atomic E-state index is 14.4. The highest BCUT2D eigenvalue weighted by Gasteiger charge is 2.24. The van der Waals surface area contributed by atoms with E-state index in [-0.39, 0.29) is 11.9 Å². The van der Waals surface area contributed by atoms with Gasteiger partial charge in [0.25, 0.3) is 0 Å². The topological polar surface area (TPSA) is 15.3 Å². The van der Waals surface area contributed by atoms with Crippen molar-refractivity contribution < 1.29 is 4.39 Å². The highest BCUT2D eigenvalue weighted by Crippen LogP contribution is 2.29. The summed E-state index contributed by atoms with van der Waals surface area (Å²) in [5.41, 5.74) is 1.78. The van der Waals surface area contributed by atoms with Crippen molar-refractivity contribution in [1.29, 1.82) is 0 Å². The fourth-order valence-electron chi connectivity index (χ4n) is 3.33. The van der Waals surface area contributed by atoms with Crippen LogP contribution in [0.4, 0.5) is 10.1 Å². The van der Waals surface area contributed by atoms with Gasteiger partial charge in [0.05, 0.1) is 5.69 Å². The van der Waals surface area contributed by atoms with Gasteiger partial charge in [-0.1, -0.05) is 26.8 Å². The molecule has 0 aliphatic carbocycles. The molecule has 3 unspecified atom stereocenters. The zero-order chi connectivity index (χ0) is 14.7. The zero-order valence-corrected chi connectivity index (χ0v) is 13.1. The molecule has 1 heterocycles. The van der Waals surface area contributed by atoms with Gasteiger partial charge in [0.1, 0.15) is 5.82 Å². The fourth-order valence-corrected chi connectivity index (χ4v) is 3.33. The number of hydrogen-bond donors (Lipinski definition) is 1. The molecule has 1 aliphatic heterocycles. The first-order valence-electron chi connectivity index (χ1n) is 7.79. The number of rotatable bonds is 4. The molecule has 1 aromatic carbocycles. The molecule has 3 atom stereocenters. The Morgan fingerprint density at radius 3 is 2.50 bits per heavy atom. The minimum absolute atomic E-state index is 0.0893. The van der Waals surface area contributed by atoms with Crippen LogP contribution in [0, 0.1) is 17.7 Å². The molecule has 112 valence electrons. The molecule has 0 spiro atoms. The van der Waals surface area contributed by atoms with Crippen LogP contribution in [-0.4, -0.2) is 19.6 Å². The number of piperidine rings is 1. The van der Waals surface area contributed by atoms with Crippen molar-refractivity contribution in [3.8, 4) is 0 Å². The highest BCUT2D eigenvalue weighted by atomic mass is 19.1. The van der Waals surface area contributed by atoms with E-state index in [0.717, 1.165) is 30.9 Å². The number of halogens is 1. The molecule has 1 saturated heterocycles. The molecular weight excluding hydrogens is 251 g/mol. The normalized spacial score (nSPS) is 24.8. The van der Waals surface area contributed by atoms with Gasteiger partial charge in [0.2, 0.25) is 0 Å². The Hall–Kier alpha value is -1.09. The number of benzene rings is 1. The molecule has 0 saturated carbocycles. The first-order valence-corrected chi connectivity index (χ1v) is 7.79. The quantitative estimate of drug-likeness (QED) is 0.896. The van der Waals surface area contributed by atoms with E-state index >= 15 is 0 Å². The lowest BCUT2D eigenvalue weighted by molar-refractivity contribution is 0.354. The van der Waals surface area contributed by atoms with Crippen molar-refractivity contribution in [1.82, 2.24) is 5.32 Å². The molecule has 0 amide bonds.